The predicted molar refractivity (Wildman–Crippen MR) is 70.1 cm³/mol. The van der Waals surface area contributed by atoms with Crippen LogP contribution in [0.5, 0.6) is 0 Å². The standard InChI is InChI=1S/C14H26O4/c1-5-8-12(15)17-10-14(4,7-3)11-18-13(16)9-6-2/h5-11H2,1-4H3. The van der Waals surface area contributed by atoms with E-state index >= 15 is 0 Å². The summed E-state index contributed by atoms with van der Waals surface area (Å²) in [5, 5.41) is 0. The van der Waals surface area contributed by atoms with Crippen LogP contribution in [0, 0.1) is 5.41 Å². The van der Waals surface area contributed by atoms with Crippen LogP contribution in [0.4, 0.5) is 0 Å². The van der Waals surface area contributed by atoms with Crippen molar-refractivity contribution in [2.75, 3.05) is 13.2 Å². The number of hydrogen-bond acceptors (Lipinski definition) is 4. The summed E-state index contributed by atoms with van der Waals surface area (Å²) < 4.78 is 10.4. The van der Waals surface area contributed by atoms with Gasteiger partial charge in [0.25, 0.3) is 0 Å². The molecule has 0 saturated heterocycles. The summed E-state index contributed by atoms with van der Waals surface area (Å²) in [7, 11) is 0. The van der Waals surface area contributed by atoms with Crippen LogP contribution in [0.1, 0.15) is 59.8 Å². The summed E-state index contributed by atoms with van der Waals surface area (Å²) >= 11 is 0. The number of hydrogen-bond donors (Lipinski definition) is 0. The average Bonchev–Trinajstić information content (AvgIpc) is 2.35. The summed E-state index contributed by atoms with van der Waals surface area (Å²) in [6.45, 7) is 8.45. The smallest absolute Gasteiger partial charge is 0.305 e. The highest BCUT2D eigenvalue weighted by molar-refractivity contribution is 5.69. The number of esters is 2. The van der Waals surface area contributed by atoms with Crippen molar-refractivity contribution in [3.63, 3.8) is 0 Å². The van der Waals surface area contributed by atoms with E-state index in [2.05, 4.69) is 0 Å². The molecule has 0 aromatic heterocycles. The van der Waals surface area contributed by atoms with Gasteiger partial charge in [0, 0.05) is 18.3 Å². The fourth-order valence-electron chi connectivity index (χ4n) is 1.31. The minimum atomic E-state index is -0.285. The maximum absolute atomic E-state index is 11.3. The molecule has 0 fully saturated rings. The minimum Gasteiger partial charge on any atom is -0.465 e. The second-order valence-corrected chi connectivity index (χ2v) is 4.99. The second kappa shape index (κ2) is 8.95. The van der Waals surface area contributed by atoms with Gasteiger partial charge in [-0.05, 0) is 19.3 Å². The van der Waals surface area contributed by atoms with Gasteiger partial charge in [0.2, 0.25) is 0 Å². The van der Waals surface area contributed by atoms with Crippen molar-refractivity contribution in [3.05, 3.63) is 0 Å². The van der Waals surface area contributed by atoms with E-state index in [1.165, 1.54) is 0 Å². The molecule has 0 heterocycles. The lowest BCUT2D eigenvalue weighted by molar-refractivity contribution is -0.153. The lowest BCUT2D eigenvalue weighted by atomic mass is 9.90. The van der Waals surface area contributed by atoms with Crippen molar-refractivity contribution in [1.82, 2.24) is 0 Å². The van der Waals surface area contributed by atoms with Gasteiger partial charge in [-0.15, -0.1) is 0 Å². The third kappa shape index (κ3) is 7.30. The molecule has 0 aliphatic carbocycles. The Morgan fingerprint density at radius 2 is 1.28 bits per heavy atom. The Labute approximate surface area is 110 Å². The van der Waals surface area contributed by atoms with Crippen LogP contribution in [0.25, 0.3) is 0 Å². The maximum atomic E-state index is 11.3. The van der Waals surface area contributed by atoms with Gasteiger partial charge in [0.15, 0.2) is 0 Å². The second-order valence-electron chi connectivity index (χ2n) is 4.99. The molecule has 0 atom stereocenters. The summed E-state index contributed by atoms with van der Waals surface area (Å²) in [5.74, 6) is -0.367. The maximum Gasteiger partial charge on any atom is 0.305 e. The first-order chi connectivity index (χ1) is 8.47. The van der Waals surface area contributed by atoms with E-state index in [1.807, 2.05) is 27.7 Å². The monoisotopic (exact) mass is 258 g/mol. The van der Waals surface area contributed by atoms with Gasteiger partial charge in [-0.3, -0.25) is 9.59 Å². The van der Waals surface area contributed by atoms with E-state index in [-0.39, 0.29) is 17.4 Å². The molecule has 0 rings (SSSR count). The number of rotatable bonds is 9. The molecule has 0 amide bonds. The molecule has 106 valence electrons. The van der Waals surface area contributed by atoms with Crippen LogP contribution in [0.2, 0.25) is 0 Å². The molecule has 0 spiro atoms. The van der Waals surface area contributed by atoms with Crippen molar-refractivity contribution >= 4 is 11.9 Å². The lowest BCUT2D eigenvalue weighted by Gasteiger charge is -2.27. The zero-order chi connectivity index (χ0) is 14.0. The predicted octanol–water partition coefficient (Wildman–Crippen LogP) is 3.09. The van der Waals surface area contributed by atoms with Gasteiger partial charge in [-0.25, -0.2) is 0 Å². The molecular weight excluding hydrogens is 232 g/mol. The Kier molecular flexibility index (Phi) is 8.42. The zero-order valence-electron chi connectivity index (χ0n) is 12.1. The van der Waals surface area contributed by atoms with Gasteiger partial charge in [0.1, 0.15) is 0 Å². The summed E-state index contributed by atoms with van der Waals surface area (Å²) in [6, 6.07) is 0. The third-order valence-electron chi connectivity index (χ3n) is 2.93. The van der Waals surface area contributed by atoms with Crippen LogP contribution in [0.15, 0.2) is 0 Å². The SMILES string of the molecule is CCCC(=O)OCC(C)(CC)COC(=O)CCC. The van der Waals surface area contributed by atoms with E-state index in [0.29, 0.717) is 26.1 Å². The largest absolute Gasteiger partial charge is 0.465 e. The van der Waals surface area contributed by atoms with Crippen molar-refractivity contribution < 1.29 is 19.1 Å². The quantitative estimate of drug-likeness (QED) is 0.596. The Hall–Kier alpha value is -1.06. The molecule has 0 aromatic rings. The first-order valence-corrected chi connectivity index (χ1v) is 6.78. The van der Waals surface area contributed by atoms with Crippen LogP contribution < -0.4 is 0 Å². The van der Waals surface area contributed by atoms with E-state index in [0.717, 1.165) is 19.3 Å². The third-order valence-corrected chi connectivity index (χ3v) is 2.93. The normalized spacial score (nSPS) is 11.1. The van der Waals surface area contributed by atoms with E-state index in [9.17, 15) is 9.59 Å². The zero-order valence-corrected chi connectivity index (χ0v) is 12.1. The fraction of sp³-hybridized carbons (Fsp3) is 0.857. The molecule has 4 heteroatoms. The van der Waals surface area contributed by atoms with Crippen molar-refractivity contribution in [2.24, 2.45) is 5.41 Å². The molecule has 0 aliphatic rings. The van der Waals surface area contributed by atoms with Crippen LogP contribution >= 0.6 is 0 Å². The van der Waals surface area contributed by atoms with Crippen LogP contribution in [-0.2, 0) is 19.1 Å². The molecular formula is C14H26O4. The van der Waals surface area contributed by atoms with Crippen LogP contribution in [0.3, 0.4) is 0 Å². The molecule has 0 saturated carbocycles. The molecule has 0 aromatic carbocycles. The van der Waals surface area contributed by atoms with Gasteiger partial charge in [-0.1, -0.05) is 27.7 Å². The highest BCUT2D eigenvalue weighted by Crippen LogP contribution is 2.22. The Bertz CT molecular complexity index is 239. The van der Waals surface area contributed by atoms with Crippen molar-refractivity contribution in [1.29, 1.82) is 0 Å². The van der Waals surface area contributed by atoms with Gasteiger partial charge >= 0.3 is 11.9 Å². The fourth-order valence-corrected chi connectivity index (χ4v) is 1.31. The molecule has 0 unspecified atom stereocenters. The lowest BCUT2D eigenvalue weighted by Crippen LogP contribution is -2.31. The van der Waals surface area contributed by atoms with Gasteiger partial charge in [-0.2, -0.15) is 0 Å². The Balaban J connectivity index is 4.09. The van der Waals surface area contributed by atoms with E-state index in [4.69, 9.17) is 9.47 Å². The highest BCUT2D eigenvalue weighted by atomic mass is 16.5. The van der Waals surface area contributed by atoms with Gasteiger partial charge in [0.05, 0.1) is 13.2 Å². The summed E-state index contributed by atoms with van der Waals surface area (Å²) in [4.78, 5) is 22.6. The first kappa shape index (κ1) is 16.9. The van der Waals surface area contributed by atoms with E-state index < -0.39 is 0 Å². The number of ether oxygens (including phenoxy) is 2. The molecule has 0 bridgehead atoms. The average molecular weight is 258 g/mol. The Morgan fingerprint density at radius 3 is 1.56 bits per heavy atom. The Morgan fingerprint density at radius 1 is 0.889 bits per heavy atom. The van der Waals surface area contributed by atoms with Crippen molar-refractivity contribution in [2.45, 2.75) is 59.8 Å². The molecule has 0 radical (unpaired) electrons. The molecule has 4 nitrogen and oxygen atoms in total. The number of carbonyl (C=O) groups is 2. The summed E-state index contributed by atoms with van der Waals surface area (Å²) in [6.07, 6.45) is 3.25. The highest BCUT2D eigenvalue weighted by Gasteiger charge is 2.26. The minimum absolute atomic E-state index is 0.183. The molecule has 0 aliphatic heterocycles. The summed E-state index contributed by atoms with van der Waals surface area (Å²) in [5.41, 5.74) is -0.285. The molecule has 18 heavy (non-hydrogen) atoms. The molecule has 0 N–H and O–H groups in total. The van der Waals surface area contributed by atoms with Gasteiger partial charge < -0.3 is 9.47 Å². The van der Waals surface area contributed by atoms with Crippen LogP contribution in [-0.4, -0.2) is 25.2 Å². The van der Waals surface area contributed by atoms with Crippen molar-refractivity contribution in [3.8, 4) is 0 Å². The first-order valence-electron chi connectivity index (χ1n) is 6.78. The topological polar surface area (TPSA) is 52.6 Å². The number of carbonyl (C=O) groups excluding carboxylic acids is 2. The van der Waals surface area contributed by atoms with E-state index in [1.54, 1.807) is 0 Å².